The van der Waals surface area contributed by atoms with Crippen molar-refractivity contribution < 1.29 is 23.4 Å². The van der Waals surface area contributed by atoms with Crippen molar-refractivity contribution in [1.29, 1.82) is 0 Å². The molecule has 1 fully saturated rings. The summed E-state index contributed by atoms with van der Waals surface area (Å²) < 4.78 is 25.8. The van der Waals surface area contributed by atoms with Crippen molar-refractivity contribution in [2.24, 2.45) is 0 Å². The number of carboxylic acid groups (broad SMARTS) is 1. The predicted molar refractivity (Wildman–Crippen MR) is 65.3 cm³/mol. The number of thiophene rings is 1. The molecular weight excluding hydrogens is 278 g/mol. The Labute approximate surface area is 109 Å². The van der Waals surface area contributed by atoms with E-state index in [1.165, 1.54) is 9.69 Å². The van der Waals surface area contributed by atoms with Crippen molar-refractivity contribution in [3.05, 3.63) is 17.0 Å². The van der Waals surface area contributed by atoms with Gasteiger partial charge < -0.3 is 10.2 Å². The number of hydrogen-bond donors (Lipinski definition) is 2. The second-order valence-corrected chi connectivity index (χ2v) is 7.06. The van der Waals surface area contributed by atoms with Gasteiger partial charge in [-0.2, -0.15) is 4.31 Å². The van der Waals surface area contributed by atoms with E-state index in [0.29, 0.717) is 0 Å². The number of aromatic carboxylic acids is 1. The summed E-state index contributed by atoms with van der Waals surface area (Å²) in [6.07, 6.45) is 1.58. The van der Waals surface area contributed by atoms with Crippen molar-refractivity contribution in [3.63, 3.8) is 0 Å². The molecule has 0 atom stereocenters. The quantitative estimate of drug-likeness (QED) is 0.800. The highest BCUT2D eigenvalue weighted by molar-refractivity contribution is 7.91. The van der Waals surface area contributed by atoms with E-state index in [4.69, 9.17) is 10.2 Å². The molecule has 0 bridgehead atoms. The number of sulfonamides is 1. The van der Waals surface area contributed by atoms with Crippen LogP contribution < -0.4 is 0 Å². The Bertz CT molecular complexity index is 546. The van der Waals surface area contributed by atoms with Crippen LogP contribution in [0.1, 0.15) is 23.2 Å². The number of carboxylic acids is 1. The second kappa shape index (κ2) is 4.96. The average molecular weight is 291 g/mol. The van der Waals surface area contributed by atoms with Crippen LogP contribution in [-0.4, -0.2) is 48.1 Å². The third kappa shape index (κ3) is 2.56. The summed E-state index contributed by atoms with van der Waals surface area (Å²) in [4.78, 5) is 10.7. The van der Waals surface area contributed by atoms with Gasteiger partial charge in [0.1, 0.15) is 4.21 Å². The molecular formula is C10H13NO5S2. The maximum absolute atomic E-state index is 12.3. The Morgan fingerprint density at radius 3 is 2.61 bits per heavy atom. The minimum atomic E-state index is -3.68. The number of aliphatic hydroxyl groups excluding tert-OH is 1. The third-order valence-corrected chi connectivity index (χ3v) is 6.03. The van der Waals surface area contributed by atoms with E-state index in [2.05, 4.69) is 0 Å². The van der Waals surface area contributed by atoms with Crippen LogP contribution in [0.3, 0.4) is 0 Å². The summed E-state index contributed by atoms with van der Waals surface area (Å²) in [6.45, 7) is -0.194. The third-order valence-electron chi connectivity index (χ3n) is 2.66. The van der Waals surface area contributed by atoms with Crippen molar-refractivity contribution in [2.75, 3.05) is 13.2 Å². The van der Waals surface area contributed by atoms with Gasteiger partial charge in [0.25, 0.3) is 10.0 Å². The Hall–Kier alpha value is -0.960. The molecule has 8 heteroatoms. The maximum Gasteiger partial charge on any atom is 0.336 e. The van der Waals surface area contributed by atoms with Gasteiger partial charge in [-0.05, 0) is 18.9 Å². The fourth-order valence-electron chi connectivity index (χ4n) is 1.64. The lowest BCUT2D eigenvalue weighted by Crippen LogP contribution is -2.35. The zero-order valence-corrected chi connectivity index (χ0v) is 11.1. The Kier molecular flexibility index (Phi) is 3.71. The van der Waals surface area contributed by atoms with Gasteiger partial charge in [-0.15, -0.1) is 11.3 Å². The summed E-state index contributed by atoms with van der Waals surface area (Å²) >= 11 is 0.892. The average Bonchev–Trinajstić information content (AvgIpc) is 2.99. The first-order valence-corrected chi connectivity index (χ1v) is 7.73. The van der Waals surface area contributed by atoms with E-state index in [9.17, 15) is 13.2 Å². The highest BCUT2D eigenvalue weighted by Crippen LogP contribution is 2.33. The molecule has 0 aromatic carbocycles. The summed E-state index contributed by atoms with van der Waals surface area (Å²) in [6, 6.07) is 1.10. The zero-order valence-electron chi connectivity index (χ0n) is 9.44. The van der Waals surface area contributed by atoms with Crippen LogP contribution in [0.2, 0.25) is 0 Å². The van der Waals surface area contributed by atoms with E-state index >= 15 is 0 Å². The van der Waals surface area contributed by atoms with Crippen LogP contribution in [-0.2, 0) is 10.0 Å². The van der Waals surface area contributed by atoms with Gasteiger partial charge in [-0.1, -0.05) is 0 Å². The number of carbonyl (C=O) groups is 1. The Morgan fingerprint density at radius 2 is 2.17 bits per heavy atom. The number of nitrogens with zero attached hydrogens (tertiary/aromatic N) is 1. The first kappa shape index (κ1) is 13.5. The Morgan fingerprint density at radius 1 is 1.50 bits per heavy atom. The molecule has 1 aromatic rings. The van der Waals surface area contributed by atoms with E-state index in [1.807, 2.05) is 0 Å². The second-order valence-electron chi connectivity index (χ2n) is 4.03. The topological polar surface area (TPSA) is 94.9 Å². The fraction of sp³-hybridized carbons (Fsp3) is 0.500. The molecule has 0 spiro atoms. The van der Waals surface area contributed by atoms with Gasteiger partial charge in [0.15, 0.2) is 0 Å². The summed E-state index contributed by atoms with van der Waals surface area (Å²) in [5.74, 6) is -1.15. The van der Waals surface area contributed by atoms with E-state index < -0.39 is 16.0 Å². The van der Waals surface area contributed by atoms with Crippen molar-refractivity contribution in [2.45, 2.75) is 23.1 Å². The van der Waals surface area contributed by atoms with Crippen LogP contribution >= 0.6 is 11.3 Å². The molecule has 1 aliphatic carbocycles. The summed E-state index contributed by atoms with van der Waals surface area (Å²) in [7, 11) is -3.68. The highest BCUT2D eigenvalue weighted by atomic mass is 32.2. The van der Waals surface area contributed by atoms with Crippen LogP contribution in [0.4, 0.5) is 0 Å². The largest absolute Gasteiger partial charge is 0.478 e. The molecule has 0 unspecified atom stereocenters. The van der Waals surface area contributed by atoms with Crippen LogP contribution in [0, 0.1) is 0 Å². The summed E-state index contributed by atoms with van der Waals surface area (Å²) in [5, 5.41) is 19.0. The van der Waals surface area contributed by atoms with Crippen LogP contribution in [0.15, 0.2) is 15.7 Å². The van der Waals surface area contributed by atoms with Crippen LogP contribution in [0.5, 0.6) is 0 Å². The van der Waals surface area contributed by atoms with Gasteiger partial charge in [0.2, 0.25) is 0 Å². The molecule has 1 saturated carbocycles. The monoisotopic (exact) mass is 291 g/mol. The molecule has 18 heavy (non-hydrogen) atoms. The SMILES string of the molecule is O=C(O)c1csc(S(=O)(=O)N(CCO)C2CC2)c1. The molecule has 1 aromatic heterocycles. The van der Waals surface area contributed by atoms with Crippen molar-refractivity contribution >= 4 is 27.3 Å². The molecule has 2 rings (SSSR count). The molecule has 1 aliphatic rings. The number of hydrogen-bond acceptors (Lipinski definition) is 5. The van der Waals surface area contributed by atoms with Gasteiger partial charge in [0, 0.05) is 18.0 Å². The zero-order chi connectivity index (χ0) is 13.3. The van der Waals surface area contributed by atoms with Crippen molar-refractivity contribution in [1.82, 2.24) is 4.31 Å². The smallest absolute Gasteiger partial charge is 0.336 e. The highest BCUT2D eigenvalue weighted by Gasteiger charge is 2.38. The standard InChI is InChI=1S/C10H13NO5S2/c12-4-3-11(8-1-2-8)18(15,16)9-5-7(6-17-9)10(13)14/h5-6,8,12H,1-4H2,(H,13,14). The van der Waals surface area contributed by atoms with Crippen molar-refractivity contribution in [3.8, 4) is 0 Å². The first-order valence-electron chi connectivity index (χ1n) is 5.41. The lowest BCUT2D eigenvalue weighted by molar-refractivity contribution is 0.0697. The molecule has 0 amide bonds. The molecule has 0 saturated heterocycles. The molecule has 0 radical (unpaired) electrons. The minimum Gasteiger partial charge on any atom is -0.478 e. The molecule has 100 valence electrons. The summed E-state index contributed by atoms with van der Waals surface area (Å²) in [5.41, 5.74) is -0.0293. The van der Waals surface area contributed by atoms with Gasteiger partial charge >= 0.3 is 5.97 Å². The van der Waals surface area contributed by atoms with E-state index in [-0.39, 0.29) is 29.0 Å². The minimum absolute atomic E-state index is 0.0141. The van der Waals surface area contributed by atoms with Crippen LogP contribution in [0.25, 0.3) is 0 Å². The fourth-order valence-corrected chi connectivity index (χ4v) is 4.60. The van der Waals surface area contributed by atoms with E-state index in [1.54, 1.807) is 0 Å². The Balaban J connectivity index is 2.30. The van der Waals surface area contributed by atoms with Gasteiger partial charge in [0.05, 0.1) is 12.2 Å². The molecule has 0 aliphatic heterocycles. The van der Waals surface area contributed by atoms with Gasteiger partial charge in [-0.25, -0.2) is 13.2 Å². The van der Waals surface area contributed by atoms with E-state index in [0.717, 1.165) is 30.2 Å². The first-order chi connectivity index (χ1) is 8.46. The van der Waals surface area contributed by atoms with Gasteiger partial charge in [-0.3, -0.25) is 0 Å². The molecule has 2 N–H and O–H groups in total. The maximum atomic E-state index is 12.3. The lowest BCUT2D eigenvalue weighted by Gasteiger charge is -2.19. The lowest BCUT2D eigenvalue weighted by atomic mass is 10.4. The normalized spacial score (nSPS) is 16.1. The molecule has 1 heterocycles. The molecule has 6 nitrogen and oxygen atoms in total. The number of rotatable bonds is 6. The predicted octanol–water partition coefficient (Wildman–Crippen LogP) is 0.592. The number of aliphatic hydroxyl groups is 1.